The molecule has 1 amide bonds. The Labute approximate surface area is 196 Å². The van der Waals surface area contributed by atoms with Gasteiger partial charge in [-0.2, -0.15) is 18.2 Å². The van der Waals surface area contributed by atoms with Gasteiger partial charge in [-0.1, -0.05) is 13.3 Å². The van der Waals surface area contributed by atoms with E-state index >= 15 is 0 Å². The minimum Gasteiger partial charge on any atom is -0.465 e. The molecule has 10 nitrogen and oxygen atoms in total. The summed E-state index contributed by atoms with van der Waals surface area (Å²) in [5.74, 6) is 0.398. The number of hydrogen-bond donors (Lipinski definition) is 2. The number of carbonyl (C=O) groups is 1. The zero-order valence-corrected chi connectivity index (χ0v) is 19.2. The number of aryl methyl sites for hydroxylation is 1. The van der Waals surface area contributed by atoms with Crippen molar-refractivity contribution in [3.05, 3.63) is 22.6 Å². The molecule has 14 heteroatoms. The molecule has 2 aliphatic heterocycles. The molecule has 1 atom stereocenters. The third-order valence-corrected chi connectivity index (χ3v) is 7.10. The summed E-state index contributed by atoms with van der Waals surface area (Å²) in [7, 11) is 0. The van der Waals surface area contributed by atoms with E-state index in [-0.39, 0.29) is 25.0 Å². The average Bonchev–Trinajstić information content (AvgIpc) is 3.49. The second kappa shape index (κ2) is 8.56. The molecule has 0 aromatic carbocycles. The Balaban J connectivity index is 1.49. The Bertz CT molecular complexity index is 1230. The molecular weight excluding hydrogens is 473 g/mol. The van der Waals surface area contributed by atoms with Crippen LogP contribution in [0.25, 0.3) is 10.2 Å². The number of nitrogens with one attached hydrogen (secondary N) is 1. The SMILES string of the molecule is CCCc1cc2c(N3CCn4c(nnc4C(F)(F)F)C3)nc(N3CCC(NC(=O)O)C3)nc2s1. The van der Waals surface area contributed by atoms with Crippen LogP contribution in [-0.2, 0) is 25.7 Å². The van der Waals surface area contributed by atoms with Gasteiger partial charge in [0.15, 0.2) is 5.82 Å². The van der Waals surface area contributed by atoms with Gasteiger partial charge in [0, 0.05) is 31.1 Å². The van der Waals surface area contributed by atoms with E-state index in [0.717, 1.165) is 32.5 Å². The van der Waals surface area contributed by atoms with Gasteiger partial charge in [-0.3, -0.25) is 0 Å². The first-order valence-electron chi connectivity index (χ1n) is 11.0. The molecule has 0 spiro atoms. The highest BCUT2D eigenvalue weighted by molar-refractivity contribution is 7.18. The van der Waals surface area contributed by atoms with Crippen molar-refractivity contribution in [1.82, 2.24) is 30.0 Å². The number of rotatable bonds is 5. The van der Waals surface area contributed by atoms with E-state index < -0.39 is 18.1 Å². The summed E-state index contributed by atoms with van der Waals surface area (Å²) < 4.78 is 40.9. The van der Waals surface area contributed by atoms with Gasteiger partial charge in [0.1, 0.15) is 10.6 Å². The average molecular weight is 497 g/mol. The van der Waals surface area contributed by atoms with Gasteiger partial charge >= 0.3 is 12.3 Å². The molecule has 2 N–H and O–H groups in total. The zero-order chi connectivity index (χ0) is 24.0. The van der Waals surface area contributed by atoms with Gasteiger partial charge in [0.05, 0.1) is 18.0 Å². The zero-order valence-electron chi connectivity index (χ0n) is 18.3. The summed E-state index contributed by atoms with van der Waals surface area (Å²) in [5.41, 5.74) is 0. The van der Waals surface area contributed by atoms with Crippen LogP contribution in [0.15, 0.2) is 6.07 Å². The number of anilines is 2. The van der Waals surface area contributed by atoms with E-state index in [1.54, 1.807) is 11.3 Å². The first-order chi connectivity index (χ1) is 16.2. The summed E-state index contributed by atoms with van der Waals surface area (Å²) >= 11 is 1.58. The maximum absolute atomic E-state index is 13.2. The smallest absolute Gasteiger partial charge is 0.451 e. The molecule has 3 aromatic heterocycles. The second-order valence-corrected chi connectivity index (χ2v) is 9.54. The second-order valence-electron chi connectivity index (χ2n) is 8.42. The molecule has 182 valence electrons. The van der Waals surface area contributed by atoms with E-state index in [0.29, 0.717) is 37.8 Å². The highest BCUT2D eigenvalue weighted by atomic mass is 32.1. The molecule has 0 bridgehead atoms. The molecule has 1 unspecified atom stereocenters. The Kier molecular flexibility index (Phi) is 5.70. The van der Waals surface area contributed by atoms with Gasteiger partial charge in [-0.25, -0.2) is 9.78 Å². The summed E-state index contributed by atoms with van der Waals surface area (Å²) in [4.78, 5) is 26.4. The normalized spacial score (nSPS) is 18.5. The summed E-state index contributed by atoms with van der Waals surface area (Å²) in [6, 6.07) is 1.84. The predicted octanol–water partition coefficient (Wildman–Crippen LogP) is 3.12. The third kappa shape index (κ3) is 4.21. The molecule has 2 aliphatic rings. The first kappa shape index (κ1) is 22.6. The van der Waals surface area contributed by atoms with Crippen LogP contribution in [0.4, 0.5) is 29.7 Å². The number of carboxylic acid groups (broad SMARTS) is 1. The van der Waals surface area contributed by atoms with E-state index in [9.17, 15) is 18.0 Å². The minimum absolute atomic E-state index is 0.0955. The van der Waals surface area contributed by atoms with Crippen LogP contribution >= 0.6 is 11.3 Å². The van der Waals surface area contributed by atoms with Crippen LogP contribution in [0, 0.1) is 0 Å². The highest BCUT2D eigenvalue weighted by Crippen LogP contribution is 2.36. The van der Waals surface area contributed by atoms with Crippen LogP contribution < -0.4 is 15.1 Å². The number of fused-ring (bicyclic) bond motifs is 2. The molecule has 34 heavy (non-hydrogen) atoms. The van der Waals surface area contributed by atoms with Gasteiger partial charge in [-0.05, 0) is 18.9 Å². The summed E-state index contributed by atoms with van der Waals surface area (Å²) in [6.07, 6.45) is -3.11. The van der Waals surface area contributed by atoms with Gasteiger partial charge in [0.25, 0.3) is 0 Å². The van der Waals surface area contributed by atoms with Crippen molar-refractivity contribution >= 4 is 39.4 Å². The molecule has 5 heterocycles. The highest BCUT2D eigenvalue weighted by Gasteiger charge is 2.40. The van der Waals surface area contributed by atoms with Crippen molar-refractivity contribution < 1.29 is 23.1 Å². The Morgan fingerprint density at radius 3 is 2.79 bits per heavy atom. The number of halogens is 3. The number of amides is 1. The van der Waals surface area contributed by atoms with Crippen LogP contribution in [0.2, 0.25) is 0 Å². The Morgan fingerprint density at radius 2 is 2.06 bits per heavy atom. The lowest BCUT2D eigenvalue weighted by molar-refractivity contribution is -0.147. The number of aromatic nitrogens is 5. The summed E-state index contributed by atoms with van der Waals surface area (Å²) in [5, 5.41) is 19.5. The van der Waals surface area contributed by atoms with Crippen LogP contribution in [0.1, 0.15) is 36.3 Å². The van der Waals surface area contributed by atoms with Crippen molar-refractivity contribution in [2.75, 3.05) is 29.4 Å². The van der Waals surface area contributed by atoms with E-state index in [4.69, 9.17) is 15.1 Å². The molecule has 5 rings (SSSR count). The fraction of sp³-hybridized carbons (Fsp3) is 0.550. The van der Waals surface area contributed by atoms with Gasteiger partial charge in [0.2, 0.25) is 11.8 Å². The lowest BCUT2D eigenvalue weighted by Gasteiger charge is -2.30. The molecule has 3 aromatic rings. The topological polar surface area (TPSA) is 112 Å². The maximum atomic E-state index is 13.2. The van der Waals surface area contributed by atoms with Crippen molar-refractivity contribution in [2.24, 2.45) is 0 Å². The number of hydrogen-bond acceptors (Lipinski definition) is 8. The van der Waals surface area contributed by atoms with E-state index in [1.807, 2.05) is 9.80 Å². The van der Waals surface area contributed by atoms with Gasteiger partial charge < -0.3 is 24.8 Å². The summed E-state index contributed by atoms with van der Waals surface area (Å²) in [6.45, 7) is 3.72. The monoisotopic (exact) mass is 496 g/mol. The number of thiophene rings is 1. The Morgan fingerprint density at radius 1 is 1.24 bits per heavy atom. The fourth-order valence-electron chi connectivity index (χ4n) is 4.48. The minimum atomic E-state index is -4.55. The van der Waals surface area contributed by atoms with Crippen molar-refractivity contribution in [3.63, 3.8) is 0 Å². The lowest BCUT2D eigenvalue weighted by Crippen LogP contribution is -2.37. The first-order valence-corrected chi connectivity index (χ1v) is 11.8. The van der Waals surface area contributed by atoms with Crippen LogP contribution in [0.5, 0.6) is 0 Å². The number of nitrogens with zero attached hydrogens (tertiary/aromatic N) is 7. The van der Waals surface area contributed by atoms with Crippen molar-refractivity contribution in [2.45, 2.75) is 51.5 Å². The number of alkyl halides is 3. The lowest BCUT2D eigenvalue weighted by atomic mass is 10.2. The molecule has 0 aliphatic carbocycles. The van der Waals surface area contributed by atoms with Crippen LogP contribution in [-0.4, -0.2) is 61.6 Å². The largest absolute Gasteiger partial charge is 0.465 e. The van der Waals surface area contributed by atoms with Crippen LogP contribution in [0.3, 0.4) is 0 Å². The molecule has 1 saturated heterocycles. The Hall–Kier alpha value is -3.16. The fourth-order valence-corrected chi connectivity index (χ4v) is 5.60. The molecule has 0 saturated carbocycles. The van der Waals surface area contributed by atoms with Gasteiger partial charge in [-0.15, -0.1) is 21.5 Å². The third-order valence-electron chi connectivity index (χ3n) is 6.01. The molecule has 1 fully saturated rings. The van der Waals surface area contributed by atoms with E-state index in [2.05, 4.69) is 28.5 Å². The maximum Gasteiger partial charge on any atom is 0.451 e. The molecule has 0 radical (unpaired) electrons. The van der Waals surface area contributed by atoms with Crippen molar-refractivity contribution in [1.29, 1.82) is 0 Å². The van der Waals surface area contributed by atoms with E-state index in [1.165, 1.54) is 0 Å². The standard InChI is InChI=1S/C20H23F3N8O2S/c1-2-3-12-8-13-15(29-6-7-31-14(10-29)27-28-17(31)20(21,22)23)25-18(26-16(13)34-12)30-5-4-11(9-30)24-19(32)33/h8,11,24H,2-7,9-10H2,1H3,(H,32,33). The van der Waals surface area contributed by atoms with Crippen molar-refractivity contribution in [3.8, 4) is 0 Å². The predicted molar refractivity (Wildman–Crippen MR) is 119 cm³/mol. The quantitative estimate of drug-likeness (QED) is 0.554. The molecular formula is C20H23F3N8O2S.